The summed E-state index contributed by atoms with van der Waals surface area (Å²) in [6.07, 6.45) is 0.229. The van der Waals surface area contributed by atoms with Crippen LogP contribution in [0.1, 0.15) is 49.4 Å². The van der Waals surface area contributed by atoms with E-state index in [0.29, 0.717) is 11.6 Å². The summed E-state index contributed by atoms with van der Waals surface area (Å²) in [6.45, 7) is 8.23. The maximum atomic E-state index is 11.5. The van der Waals surface area contributed by atoms with Gasteiger partial charge in [0.05, 0.1) is 16.7 Å². The maximum absolute atomic E-state index is 11.5. The minimum atomic E-state index is -0.373. The average Bonchev–Trinajstić information content (AvgIpc) is 3.34. The number of imidazole rings is 1. The standard InChI is InChI=1S/C28H28ClN3O3/c1-5-27-31-23-12-9-20(29)13-25(23)32(27)24-8-6-7-19(16(24)2)15-30-21-10-11-22-26(14-21)34-17(3)28(22)35-18(4)33/h6-14,17,28,30H,5,15H2,1-4H3/t17?,28-/m1/s1. The van der Waals surface area contributed by atoms with Crippen LogP contribution in [0, 0.1) is 6.92 Å². The number of rotatable bonds is 6. The van der Waals surface area contributed by atoms with Gasteiger partial charge in [-0.3, -0.25) is 9.36 Å². The molecule has 0 saturated heterocycles. The van der Waals surface area contributed by atoms with Gasteiger partial charge in [-0.25, -0.2) is 4.98 Å². The van der Waals surface area contributed by atoms with Gasteiger partial charge in [-0.1, -0.05) is 30.7 Å². The zero-order valence-electron chi connectivity index (χ0n) is 20.3. The van der Waals surface area contributed by atoms with Crippen molar-refractivity contribution >= 4 is 34.3 Å². The fourth-order valence-electron chi connectivity index (χ4n) is 4.74. The molecule has 2 heterocycles. The molecule has 0 bridgehead atoms. The van der Waals surface area contributed by atoms with Gasteiger partial charge in [-0.2, -0.15) is 0 Å². The summed E-state index contributed by atoms with van der Waals surface area (Å²) in [5, 5.41) is 4.21. The number of hydrogen-bond donors (Lipinski definition) is 1. The third-order valence-electron chi connectivity index (χ3n) is 6.50. The number of anilines is 1. The molecule has 1 unspecified atom stereocenters. The van der Waals surface area contributed by atoms with Gasteiger partial charge in [0.1, 0.15) is 17.7 Å². The number of fused-ring (bicyclic) bond motifs is 2. The molecule has 0 radical (unpaired) electrons. The molecule has 180 valence electrons. The van der Waals surface area contributed by atoms with Gasteiger partial charge in [-0.15, -0.1) is 0 Å². The molecule has 1 aromatic heterocycles. The van der Waals surface area contributed by atoms with Crippen LogP contribution in [0.3, 0.4) is 0 Å². The quantitative estimate of drug-likeness (QED) is 0.311. The lowest BCUT2D eigenvalue weighted by Crippen LogP contribution is -2.18. The van der Waals surface area contributed by atoms with Crippen molar-refractivity contribution in [3.05, 3.63) is 82.1 Å². The highest BCUT2D eigenvalue weighted by molar-refractivity contribution is 6.31. The number of aromatic nitrogens is 2. The molecule has 6 nitrogen and oxygen atoms in total. The molecule has 1 aliphatic rings. The number of benzene rings is 3. The fourth-order valence-corrected chi connectivity index (χ4v) is 4.91. The van der Waals surface area contributed by atoms with E-state index in [-0.39, 0.29) is 18.2 Å². The van der Waals surface area contributed by atoms with E-state index in [1.807, 2.05) is 43.3 Å². The predicted octanol–water partition coefficient (Wildman–Crippen LogP) is 6.55. The molecular weight excluding hydrogens is 462 g/mol. The Balaban J connectivity index is 1.42. The molecule has 0 spiro atoms. The lowest BCUT2D eigenvalue weighted by atomic mass is 10.0. The summed E-state index contributed by atoms with van der Waals surface area (Å²) in [5.41, 5.74) is 7.24. The first kappa shape index (κ1) is 23.2. The Morgan fingerprint density at radius 1 is 1.20 bits per heavy atom. The van der Waals surface area contributed by atoms with Gasteiger partial charge >= 0.3 is 5.97 Å². The summed E-state index contributed by atoms with van der Waals surface area (Å²) in [6, 6.07) is 18.1. The SMILES string of the molecule is CCc1nc2ccc(Cl)cc2n1-c1cccc(CNc2ccc3c(c2)OC(C)[C@H]3OC(C)=O)c1C. The number of nitrogens with zero attached hydrogens (tertiary/aromatic N) is 2. The second kappa shape index (κ2) is 9.27. The second-order valence-corrected chi connectivity index (χ2v) is 9.31. The highest BCUT2D eigenvalue weighted by atomic mass is 35.5. The Labute approximate surface area is 209 Å². The Morgan fingerprint density at radius 3 is 2.80 bits per heavy atom. The zero-order chi connectivity index (χ0) is 24.7. The second-order valence-electron chi connectivity index (χ2n) is 8.87. The Morgan fingerprint density at radius 2 is 2.03 bits per heavy atom. The average molecular weight is 490 g/mol. The predicted molar refractivity (Wildman–Crippen MR) is 139 cm³/mol. The van der Waals surface area contributed by atoms with Gasteiger partial charge in [0.15, 0.2) is 6.10 Å². The largest absolute Gasteiger partial charge is 0.486 e. The number of aryl methyl sites for hydroxylation is 1. The summed E-state index contributed by atoms with van der Waals surface area (Å²) in [5.74, 6) is 1.44. The molecule has 0 fully saturated rings. The van der Waals surface area contributed by atoms with E-state index >= 15 is 0 Å². The monoisotopic (exact) mass is 489 g/mol. The zero-order valence-corrected chi connectivity index (χ0v) is 21.0. The molecule has 0 saturated carbocycles. The number of hydrogen-bond acceptors (Lipinski definition) is 5. The number of esters is 1. The molecule has 1 aliphatic heterocycles. The smallest absolute Gasteiger partial charge is 0.303 e. The first-order valence-electron chi connectivity index (χ1n) is 11.8. The lowest BCUT2D eigenvalue weighted by Gasteiger charge is -2.16. The summed E-state index contributed by atoms with van der Waals surface area (Å²) in [7, 11) is 0. The molecule has 3 aromatic carbocycles. The van der Waals surface area contributed by atoms with Crippen molar-refractivity contribution < 1.29 is 14.3 Å². The maximum Gasteiger partial charge on any atom is 0.303 e. The van der Waals surface area contributed by atoms with Crippen LogP contribution in [0.25, 0.3) is 16.7 Å². The Hall–Kier alpha value is -3.51. The van der Waals surface area contributed by atoms with Gasteiger partial charge in [-0.05, 0) is 61.4 Å². The molecule has 4 aromatic rings. The van der Waals surface area contributed by atoms with E-state index in [9.17, 15) is 4.79 Å². The molecule has 0 aliphatic carbocycles. The third-order valence-corrected chi connectivity index (χ3v) is 6.73. The van der Waals surface area contributed by atoms with Crippen molar-refractivity contribution in [1.82, 2.24) is 9.55 Å². The van der Waals surface area contributed by atoms with Crippen molar-refractivity contribution in [2.24, 2.45) is 0 Å². The van der Waals surface area contributed by atoms with E-state index in [2.05, 4.69) is 41.9 Å². The molecule has 35 heavy (non-hydrogen) atoms. The molecule has 0 amide bonds. The van der Waals surface area contributed by atoms with Crippen LogP contribution in [-0.4, -0.2) is 21.6 Å². The topological polar surface area (TPSA) is 65.4 Å². The Kier molecular flexibility index (Phi) is 6.15. The van der Waals surface area contributed by atoms with E-state index in [1.165, 1.54) is 18.1 Å². The highest BCUT2D eigenvalue weighted by Gasteiger charge is 2.33. The summed E-state index contributed by atoms with van der Waals surface area (Å²) >= 11 is 6.32. The van der Waals surface area contributed by atoms with Gasteiger partial charge < -0.3 is 14.8 Å². The number of ether oxygens (including phenoxy) is 2. The normalized spacial score (nSPS) is 16.7. The van der Waals surface area contributed by atoms with E-state index in [0.717, 1.165) is 46.0 Å². The van der Waals surface area contributed by atoms with Crippen molar-refractivity contribution in [2.45, 2.75) is 52.9 Å². The van der Waals surface area contributed by atoms with Crippen LogP contribution < -0.4 is 10.1 Å². The van der Waals surface area contributed by atoms with Crippen molar-refractivity contribution in [2.75, 3.05) is 5.32 Å². The number of carbonyl (C=O) groups is 1. The van der Waals surface area contributed by atoms with E-state index in [1.54, 1.807) is 0 Å². The van der Waals surface area contributed by atoms with Crippen molar-refractivity contribution in [3.8, 4) is 11.4 Å². The number of nitrogens with one attached hydrogen (secondary N) is 1. The number of halogens is 1. The fraction of sp³-hybridized carbons (Fsp3) is 0.286. The lowest BCUT2D eigenvalue weighted by molar-refractivity contribution is -0.149. The molecule has 2 atom stereocenters. The van der Waals surface area contributed by atoms with Gasteiger partial charge in [0.25, 0.3) is 0 Å². The van der Waals surface area contributed by atoms with Crippen LogP contribution in [0.4, 0.5) is 5.69 Å². The Bertz CT molecular complexity index is 1430. The minimum Gasteiger partial charge on any atom is -0.486 e. The highest BCUT2D eigenvalue weighted by Crippen LogP contribution is 2.40. The molecule has 5 rings (SSSR count). The van der Waals surface area contributed by atoms with Gasteiger partial charge in [0, 0.05) is 42.2 Å². The van der Waals surface area contributed by atoms with E-state index < -0.39 is 0 Å². The van der Waals surface area contributed by atoms with Crippen LogP contribution in [0.15, 0.2) is 54.6 Å². The summed E-state index contributed by atoms with van der Waals surface area (Å²) in [4.78, 5) is 16.3. The first-order valence-corrected chi connectivity index (χ1v) is 12.2. The molecule has 7 heteroatoms. The third kappa shape index (κ3) is 4.34. The van der Waals surface area contributed by atoms with Crippen LogP contribution in [0.5, 0.6) is 5.75 Å². The van der Waals surface area contributed by atoms with Crippen LogP contribution in [-0.2, 0) is 22.5 Å². The van der Waals surface area contributed by atoms with Crippen LogP contribution in [0.2, 0.25) is 5.02 Å². The first-order chi connectivity index (χ1) is 16.9. The minimum absolute atomic E-state index is 0.214. The van der Waals surface area contributed by atoms with Gasteiger partial charge in [0.2, 0.25) is 0 Å². The summed E-state index contributed by atoms with van der Waals surface area (Å²) < 4.78 is 13.6. The van der Waals surface area contributed by atoms with E-state index in [4.69, 9.17) is 26.1 Å². The molecular formula is C28H28ClN3O3. The van der Waals surface area contributed by atoms with Crippen molar-refractivity contribution in [1.29, 1.82) is 0 Å². The molecule has 1 N–H and O–H groups in total. The van der Waals surface area contributed by atoms with Crippen LogP contribution >= 0.6 is 11.6 Å². The number of carbonyl (C=O) groups excluding carboxylic acids is 1. The van der Waals surface area contributed by atoms with Crippen molar-refractivity contribution in [3.63, 3.8) is 0 Å².